The van der Waals surface area contributed by atoms with Crippen LogP contribution in [0.3, 0.4) is 0 Å². The highest BCUT2D eigenvalue weighted by molar-refractivity contribution is 7.89. The molecule has 0 aromatic heterocycles. The fourth-order valence-electron chi connectivity index (χ4n) is 2.10. The Kier molecular flexibility index (Phi) is 5.07. The zero-order valence-corrected chi connectivity index (χ0v) is 13.5. The maximum atomic E-state index is 12.3. The number of nitrogens with zero attached hydrogens (tertiary/aromatic N) is 1. The molecule has 6 heteroatoms. The first-order chi connectivity index (χ1) is 10.4. The van der Waals surface area contributed by atoms with E-state index in [-0.39, 0.29) is 11.5 Å². The maximum absolute atomic E-state index is 12.3. The molecule has 0 fully saturated rings. The summed E-state index contributed by atoms with van der Waals surface area (Å²) >= 11 is 6.00. The molecule has 2 rings (SSSR count). The minimum Gasteiger partial charge on any atom is -0.495 e. The zero-order chi connectivity index (χ0) is 16.2. The molecule has 0 radical (unpaired) electrons. The van der Waals surface area contributed by atoms with Crippen LogP contribution >= 0.6 is 11.6 Å². The van der Waals surface area contributed by atoms with Crippen molar-refractivity contribution in [2.24, 2.45) is 0 Å². The molecule has 0 aliphatic carbocycles. The van der Waals surface area contributed by atoms with Crippen LogP contribution < -0.4 is 4.74 Å². The predicted octanol–water partition coefficient (Wildman–Crippen LogP) is 3.34. The normalized spacial score (nSPS) is 11.0. The lowest BCUT2D eigenvalue weighted by molar-refractivity contribution is 0.415. The molecule has 0 saturated carbocycles. The first kappa shape index (κ1) is 16.3. The van der Waals surface area contributed by atoms with E-state index in [2.05, 4.69) is 0 Å². The fraction of sp³-hybridized carbons (Fsp3) is 0.188. The first-order valence-corrected chi connectivity index (χ1v) is 8.66. The molecule has 0 bridgehead atoms. The summed E-state index contributed by atoms with van der Waals surface area (Å²) in [5.74, 6) is 0.175. The number of sulfone groups is 1. The smallest absolute Gasteiger partial charge is 0.158 e. The van der Waals surface area contributed by atoms with Crippen molar-refractivity contribution in [2.75, 3.05) is 7.11 Å². The Bertz CT molecular complexity index is 826. The number of methoxy groups -OCH3 is 1. The number of ether oxygens (including phenoxy) is 1. The van der Waals surface area contributed by atoms with Gasteiger partial charge in [-0.1, -0.05) is 35.9 Å². The second kappa shape index (κ2) is 6.82. The monoisotopic (exact) mass is 335 g/mol. The van der Waals surface area contributed by atoms with E-state index in [1.165, 1.54) is 7.11 Å². The highest BCUT2D eigenvalue weighted by atomic mass is 35.5. The van der Waals surface area contributed by atoms with Gasteiger partial charge in [0.05, 0.1) is 35.3 Å². The second-order valence-corrected chi connectivity index (χ2v) is 7.24. The van der Waals surface area contributed by atoms with Crippen molar-refractivity contribution < 1.29 is 13.2 Å². The van der Waals surface area contributed by atoms with Crippen LogP contribution in [-0.4, -0.2) is 15.5 Å². The highest BCUT2D eigenvalue weighted by Crippen LogP contribution is 2.26. The Balaban J connectivity index is 2.21. The molecule has 0 atom stereocenters. The van der Waals surface area contributed by atoms with Gasteiger partial charge in [-0.05, 0) is 29.3 Å². The Morgan fingerprint density at radius 1 is 1.18 bits per heavy atom. The van der Waals surface area contributed by atoms with Gasteiger partial charge in [0.1, 0.15) is 5.75 Å². The van der Waals surface area contributed by atoms with Crippen molar-refractivity contribution in [1.82, 2.24) is 0 Å². The molecule has 0 aliphatic rings. The average molecular weight is 336 g/mol. The van der Waals surface area contributed by atoms with Crippen LogP contribution in [-0.2, 0) is 21.3 Å². The van der Waals surface area contributed by atoms with Crippen molar-refractivity contribution >= 4 is 21.4 Å². The number of halogens is 1. The number of benzene rings is 2. The second-order valence-electron chi connectivity index (χ2n) is 4.77. The Morgan fingerprint density at radius 3 is 2.55 bits per heavy atom. The van der Waals surface area contributed by atoms with Crippen LogP contribution in [0.2, 0.25) is 5.02 Å². The molecule has 0 aliphatic heterocycles. The molecule has 0 amide bonds. The quantitative estimate of drug-likeness (QED) is 0.840. The van der Waals surface area contributed by atoms with Gasteiger partial charge in [0, 0.05) is 0 Å². The zero-order valence-electron chi connectivity index (χ0n) is 11.9. The molecule has 114 valence electrons. The van der Waals surface area contributed by atoms with Gasteiger partial charge < -0.3 is 4.74 Å². The molecular weight excluding hydrogens is 322 g/mol. The van der Waals surface area contributed by atoms with E-state index in [1.807, 2.05) is 6.07 Å². The summed E-state index contributed by atoms with van der Waals surface area (Å²) in [5, 5.41) is 9.39. The Hall–Kier alpha value is -2.03. The van der Waals surface area contributed by atoms with Crippen molar-refractivity contribution in [3.05, 3.63) is 64.2 Å². The molecule has 0 saturated heterocycles. The maximum Gasteiger partial charge on any atom is 0.158 e. The van der Waals surface area contributed by atoms with Gasteiger partial charge in [-0.15, -0.1) is 0 Å². The topological polar surface area (TPSA) is 67.2 Å². The number of hydrogen-bond acceptors (Lipinski definition) is 4. The minimum absolute atomic E-state index is 0.142. The standard InChI is InChI=1S/C16H14ClNO3S/c1-21-16-7-6-12(8-15(16)17)10-22(19,20)11-14-5-3-2-4-13(14)9-18/h2-8H,10-11H2,1H3. The summed E-state index contributed by atoms with van der Waals surface area (Å²) < 4.78 is 29.7. The van der Waals surface area contributed by atoms with Crippen LogP contribution in [0.5, 0.6) is 5.75 Å². The van der Waals surface area contributed by atoms with Crippen molar-refractivity contribution in [2.45, 2.75) is 11.5 Å². The molecule has 0 unspecified atom stereocenters. The van der Waals surface area contributed by atoms with Crippen LogP contribution in [0, 0.1) is 11.3 Å². The molecule has 0 N–H and O–H groups in total. The van der Waals surface area contributed by atoms with Gasteiger partial charge >= 0.3 is 0 Å². The molecular formula is C16H14ClNO3S. The number of rotatable bonds is 5. The lowest BCUT2D eigenvalue weighted by Crippen LogP contribution is -2.09. The third kappa shape index (κ3) is 4.00. The van der Waals surface area contributed by atoms with Crippen molar-refractivity contribution in [3.8, 4) is 11.8 Å². The van der Waals surface area contributed by atoms with Crippen LogP contribution in [0.15, 0.2) is 42.5 Å². The third-order valence-corrected chi connectivity index (χ3v) is 4.94. The summed E-state index contributed by atoms with van der Waals surface area (Å²) in [5.41, 5.74) is 1.46. The van der Waals surface area contributed by atoms with Crippen LogP contribution in [0.4, 0.5) is 0 Å². The summed E-state index contributed by atoms with van der Waals surface area (Å²) in [7, 11) is -1.91. The fourth-order valence-corrected chi connectivity index (χ4v) is 3.89. The molecule has 2 aromatic rings. The molecule has 4 nitrogen and oxygen atoms in total. The van der Waals surface area contributed by atoms with Gasteiger partial charge in [-0.3, -0.25) is 0 Å². The molecule has 0 spiro atoms. The summed E-state index contributed by atoms with van der Waals surface area (Å²) in [6.07, 6.45) is 0. The predicted molar refractivity (Wildman–Crippen MR) is 85.5 cm³/mol. The van der Waals surface area contributed by atoms with E-state index in [0.29, 0.717) is 27.5 Å². The summed E-state index contributed by atoms with van der Waals surface area (Å²) in [6.45, 7) is 0. The van der Waals surface area contributed by atoms with Gasteiger partial charge in [-0.25, -0.2) is 8.42 Å². The summed E-state index contributed by atoms with van der Waals surface area (Å²) in [6, 6.07) is 13.6. The van der Waals surface area contributed by atoms with Gasteiger partial charge in [-0.2, -0.15) is 5.26 Å². The largest absolute Gasteiger partial charge is 0.495 e. The van der Waals surface area contributed by atoms with E-state index < -0.39 is 9.84 Å². The lowest BCUT2D eigenvalue weighted by atomic mass is 10.1. The molecule has 22 heavy (non-hydrogen) atoms. The van der Waals surface area contributed by atoms with Gasteiger partial charge in [0.15, 0.2) is 9.84 Å². The SMILES string of the molecule is COc1ccc(CS(=O)(=O)Cc2ccccc2C#N)cc1Cl. The Morgan fingerprint density at radius 2 is 1.91 bits per heavy atom. The van der Waals surface area contributed by atoms with E-state index >= 15 is 0 Å². The van der Waals surface area contributed by atoms with E-state index in [1.54, 1.807) is 42.5 Å². The number of nitriles is 1. The van der Waals surface area contributed by atoms with E-state index in [4.69, 9.17) is 21.6 Å². The average Bonchev–Trinajstić information content (AvgIpc) is 2.47. The number of hydrogen-bond donors (Lipinski definition) is 0. The van der Waals surface area contributed by atoms with Gasteiger partial charge in [0.25, 0.3) is 0 Å². The van der Waals surface area contributed by atoms with Gasteiger partial charge in [0.2, 0.25) is 0 Å². The first-order valence-electron chi connectivity index (χ1n) is 6.46. The van der Waals surface area contributed by atoms with Crippen molar-refractivity contribution in [1.29, 1.82) is 5.26 Å². The van der Waals surface area contributed by atoms with E-state index in [0.717, 1.165) is 0 Å². The molecule has 2 aromatic carbocycles. The Labute approximate surface area is 134 Å². The molecule has 0 heterocycles. The lowest BCUT2D eigenvalue weighted by Gasteiger charge is -2.08. The van der Waals surface area contributed by atoms with Crippen LogP contribution in [0.1, 0.15) is 16.7 Å². The minimum atomic E-state index is -3.41. The van der Waals surface area contributed by atoms with E-state index in [9.17, 15) is 8.42 Å². The van der Waals surface area contributed by atoms with Crippen LogP contribution in [0.25, 0.3) is 0 Å². The van der Waals surface area contributed by atoms with Crippen molar-refractivity contribution in [3.63, 3.8) is 0 Å². The summed E-state index contributed by atoms with van der Waals surface area (Å²) in [4.78, 5) is 0. The third-order valence-electron chi connectivity index (χ3n) is 3.12. The highest BCUT2D eigenvalue weighted by Gasteiger charge is 2.16.